The van der Waals surface area contributed by atoms with Crippen LogP contribution in [0.1, 0.15) is 46.5 Å². The van der Waals surface area contributed by atoms with Gasteiger partial charge >= 0.3 is 0 Å². The summed E-state index contributed by atoms with van der Waals surface area (Å²) >= 11 is 0. The smallest absolute Gasteiger partial charge is 0.0743 e. The first kappa shape index (κ1) is 12.0. The molecule has 0 spiro atoms. The highest BCUT2D eigenvalue weighted by Gasteiger charge is 2.25. The predicted molar refractivity (Wildman–Crippen MR) is 60.4 cm³/mol. The topological polar surface area (TPSA) is 23.5 Å². The molecular formula is C12H25NO. The van der Waals surface area contributed by atoms with Crippen LogP contribution in [0.15, 0.2) is 0 Å². The third-order valence-corrected chi connectivity index (χ3v) is 3.61. The van der Waals surface area contributed by atoms with Crippen molar-refractivity contribution in [2.45, 2.75) is 52.1 Å². The van der Waals surface area contributed by atoms with E-state index in [1.165, 1.54) is 32.4 Å². The van der Waals surface area contributed by atoms with Crippen molar-refractivity contribution in [3.63, 3.8) is 0 Å². The van der Waals surface area contributed by atoms with Crippen LogP contribution in [0.25, 0.3) is 0 Å². The summed E-state index contributed by atoms with van der Waals surface area (Å²) in [5, 5.41) is 9.96. The van der Waals surface area contributed by atoms with Gasteiger partial charge in [-0.1, -0.05) is 20.3 Å². The highest BCUT2D eigenvalue weighted by atomic mass is 16.3. The molecule has 0 aromatic carbocycles. The fourth-order valence-corrected chi connectivity index (χ4v) is 2.15. The van der Waals surface area contributed by atoms with E-state index in [-0.39, 0.29) is 0 Å². The average molecular weight is 199 g/mol. The minimum absolute atomic E-state index is 0.487. The molecule has 2 heteroatoms. The van der Waals surface area contributed by atoms with E-state index in [2.05, 4.69) is 18.7 Å². The van der Waals surface area contributed by atoms with Crippen LogP contribution in [0.2, 0.25) is 0 Å². The summed E-state index contributed by atoms with van der Waals surface area (Å²) in [5.41, 5.74) is -0.487. The maximum atomic E-state index is 9.96. The molecule has 0 bridgehead atoms. The van der Waals surface area contributed by atoms with Crippen LogP contribution in [-0.2, 0) is 0 Å². The molecule has 1 aliphatic heterocycles. The Morgan fingerprint density at radius 1 is 1.29 bits per heavy atom. The molecule has 1 heterocycles. The first-order chi connectivity index (χ1) is 6.57. The second-order valence-corrected chi connectivity index (χ2v) is 4.98. The van der Waals surface area contributed by atoms with Crippen LogP contribution < -0.4 is 0 Å². The van der Waals surface area contributed by atoms with Crippen molar-refractivity contribution >= 4 is 0 Å². The lowest BCUT2D eigenvalue weighted by molar-refractivity contribution is 0.00644. The van der Waals surface area contributed by atoms with Gasteiger partial charge in [0.25, 0.3) is 0 Å². The number of piperidine rings is 1. The predicted octanol–water partition coefficient (Wildman–Crippen LogP) is 2.27. The Bertz CT molecular complexity index is 160. The second kappa shape index (κ2) is 5.13. The van der Waals surface area contributed by atoms with Crippen LogP contribution in [0.5, 0.6) is 0 Å². The highest BCUT2D eigenvalue weighted by molar-refractivity contribution is 4.79. The highest BCUT2D eigenvalue weighted by Crippen LogP contribution is 2.21. The van der Waals surface area contributed by atoms with Crippen LogP contribution in [0.3, 0.4) is 0 Å². The normalized spacial score (nSPS) is 24.9. The molecule has 0 radical (unpaired) electrons. The molecule has 1 saturated heterocycles. The number of hydrogen-bond donors (Lipinski definition) is 1. The zero-order chi connectivity index (χ0) is 10.6. The Morgan fingerprint density at radius 2 is 1.86 bits per heavy atom. The molecule has 1 fully saturated rings. The molecule has 0 saturated carbocycles. The molecule has 1 atom stereocenters. The van der Waals surface area contributed by atoms with E-state index < -0.39 is 5.60 Å². The molecule has 1 unspecified atom stereocenters. The lowest BCUT2D eigenvalue weighted by Crippen LogP contribution is -2.44. The van der Waals surface area contributed by atoms with E-state index in [0.29, 0.717) is 0 Å². The van der Waals surface area contributed by atoms with E-state index in [9.17, 15) is 5.11 Å². The zero-order valence-electron chi connectivity index (χ0n) is 9.92. The number of nitrogens with zero attached hydrogens (tertiary/aromatic N) is 1. The third-order valence-electron chi connectivity index (χ3n) is 3.61. The van der Waals surface area contributed by atoms with Crippen LogP contribution in [0.4, 0.5) is 0 Å². The molecule has 84 valence electrons. The van der Waals surface area contributed by atoms with Crippen molar-refractivity contribution in [3.05, 3.63) is 0 Å². The van der Waals surface area contributed by atoms with Crippen molar-refractivity contribution in [1.29, 1.82) is 0 Å². The second-order valence-electron chi connectivity index (χ2n) is 4.98. The maximum absolute atomic E-state index is 9.96. The standard InChI is InChI=1S/C12H25NO/c1-4-11-6-8-13(9-7-11)10-12(3,14)5-2/h11,14H,4-10H2,1-3H3. The van der Waals surface area contributed by atoms with Gasteiger partial charge < -0.3 is 10.0 Å². The van der Waals surface area contributed by atoms with E-state index in [4.69, 9.17) is 0 Å². The number of hydrogen-bond acceptors (Lipinski definition) is 2. The fraction of sp³-hybridized carbons (Fsp3) is 1.00. The molecule has 1 N–H and O–H groups in total. The first-order valence-corrected chi connectivity index (χ1v) is 6.02. The van der Waals surface area contributed by atoms with Gasteiger partial charge in [-0.25, -0.2) is 0 Å². The van der Waals surface area contributed by atoms with Crippen LogP contribution in [-0.4, -0.2) is 35.2 Å². The summed E-state index contributed by atoms with van der Waals surface area (Å²) in [6.07, 6.45) is 4.80. The Morgan fingerprint density at radius 3 is 2.29 bits per heavy atom. The Labute approximate surface area is 88.3 Å². The summed E-state index contributed by atoms with van der Waals surface area (Å²) < 4.78 is 0. The molecule has 1 rings (SSSR count). The van der Waals surface area contributed by atoms with Crippen molar-refractivity contribution < 1.29 is 5.11 Å². The van der Waals surface area contributed by atoms with Gasteiger partial charge in [-0.3, -0.25) is 0 Å². The van der Waals surface area contributed by atoms with Gasteiger partial charge in [-0.05, 0) is 45.2 Å². The van der Waals surface area contributed by atoms with E-state index >= 15 is 0 Å². The van der Waals surface area contributed by atoms with Crippen molar-refractivity contribution in [3.8, 4) is 0 Å². The Hall–Kier alpha value is -0.0800. The Kier molecular flexibility index (Phi) is 4.39. The van der Waals surface area contributed by atoms with Gasteiger partial charge in [0, 0.05) is 6.54 Å². The monoisotopic (exact) mass is 199 g/mol. The van der Waals surface area contributed by atoms with Crippen LogP contribution >= 0.6 is 0 Å². The number of likely N-dealkylation sites (tertiary alicyclic amines) is 1. The van der Waals surface area contributed by atoms with Crippen LogP contribution in [0, 0.1) is 5.92 Å². The van der Waals surface area contributed by atoms with E-state index in [1.807, 2.05) is 6.92 Å². The molecule has 1 aliphatic rings. The van der Waals surface area contributed by atoms with Crippen molar-refractivity contribution in [2.24, 2.45) is 5.92 Å². The zero-order valence-corrected chi connectivity index (χ0v) is 9.92. The molecule has 2 nitrogen and oxygen atoms in total. The maximum Gasteiger partial charge on any atom is 0.0743 e. The number of β-amino-alcohol motifs (C(OH)–C–C–N with tert-alkyl or cyclic N) is 1. The lowest BCUT2D eigenvalue weighted by atomic mass is 9.93. The Balaban J connectivity index is 2.28. The summed E-state index contributed by atoms with van der Waals surface area (Å²) in [6, 6.07) is 0. The van der Waals surface area contributed by atoms with Gasteiger partial charge in [0.15, 0.2) is 0 Å². The quantitative estimate of drug-likeness (QED) is 0.751. The number of aliphatic hydroxyl groups is 1. The van der Waals surface area contributed by atoms with E-state index in [1.54, 1.807) is 0 Å². The fourth-order valence-electron chi connectivity index (χ4n) is 2.15. The molecule has 0 amide bonds. The van der Waals surface area contributed by atoms with Crippen molar-refractivity contribution in [2.75, 3.05) is 19.6 Å². The minimum Gasteiger partial charge on any atom is -0.389 e. The molecule has 0 aromatic heterocycles. The SMILES string of the molecule is CCC1CCN(CC(C)(O)CC)CC1. The minimum atomic E-state index is -0.487. The molecule has 0 aliphatic carbocycles. The number of rotatable bonds is 4. The average Bonchev–Trinajstić information content (AvgIpc) is 2.19. The molecule has 14 heavy (non-hydrogen) atoms. The molecule has 0 aromatic rings. The van der Waals surface area contributed by atoms with E-state index in [0.717, 1.165) is 18.9 Å². The first-order valence-electron chi connectivity index (χ1n) is 6.02. The van der Waals surface area contributed by atoms with Gasteiger partial charge in [0.1, 0.15) is 0 Å². The summed E-state index contributed by atoms with van der Waals surface area (Å²) in [4.78, 5) is 2.41. The van der Waals surface area contributed by atoms with Crippen molar-refractivity contribution in [1.82, 2.24) is 4.90 Å². The summed E-state index contributed by atoms with van der Waals surface area (Å²) in [7, 11) is 0. The largest absolute Gasteiger partial charge is 0.389 e. The van der Waals surface area contributed by atoms with Gasteiger partial charge in [0.05, 0.1) is 5.60 Å². The summed E-state index contributed by atoms with van der Waals surface area (Å²) in [5.74, 6) is 0.929. The van der Waals surface area contributed by atoms with Gasteiger partial charge in [-0.2, -0.15) is 0 Å². The lowest BCUT2D eigenvalue weighted by Gasteiger charge is -2.36. The third kappa shape index (κ3) is 3.58. The molecular weight excluding hydrogens is 174 g/mol. The summed E-state index contributed by atoms with van der Waals surface area (Å²) in [6.45, 7) is 9.48. The van der Waals surface area contributed by atoms with Gasteiger partial charge in [0.2, 0.25) is 0 Å². The van der Waals surface area contributed by atoms with Gasteiger partial charge in [-0.15, -0.1) is 0 Å².